The van der Waals surface area contributed by atoms with Crippen molar-refractivity contribution < 1.29 is 0 Å². The maximum absolute atomic E-state index is 2.65. The minimum atomic E-state index is -0.0300. The Labute approximate surface area is 345 Å². The second-order valence-corrected chi connectivity index (χ2v) is 16.0. The summed E-state index contributed by atoms with van der Waals surface area (Å²) in [5, 5.41) is 0. The second-order valence-electron chi connectivity index (χ2n) is 16.0. The molecule has 0 fully saturated rings. The molecule has 0 saturated carbocycles. The van der Waals surface area contributed by atoms with Gasteiger partial charge in [-0.25, -0.2) is 0 Å². The van der Waals surface area contributed by atoms with Gasteiger partial charge in [-0.15, -0.1) is 0 Å². The predicted octanol–water partition coefficient (Wildman–Crippen LogP) is 11.0. The Morgan fingerprint density at radius 2 is 0.797 bits per heavy atom. The highest BCUT2D eigenvalue weighted by Crippen LogP contribution is 2.53. The summed E-state index contributed by atoms with van der Waals surface area (Å²) < 4.78 is 0. The Morgan fingerprint density at radius 1 is 0.288 bits per heavy atom. The Balaban J connectivity index is 1.09. The van der Waals surface area contributed by atoms with E-state index in [0.29, 0.717) is 0 Å². The van der Waals surface area contributed by atoms with E-state index in [-0.39, 0.29) is 13.7 Å². The van der Waals surface area contributed by atoms with E-state index in [1.54, 1.807) is 0 Å². The number of hydrogen-bond donors (Lipinski definition) is 0. The monoisotopic (exact) mass is 747 g/mol. The van der Waals surface area contributed by atoms with E-state index in [0.717, 1.165) is 17.1 Å². The minimum Gasteiger partial charge on any atom is -0.376 e. The van der Waals surface area contributed by atoms with E-state index in [9.17, 15) is 0 Å². The Bertz CT molecular complexity index is 3110. The number of hydrogen-bond acceptors (Lipinski definition) is 3. The maximum Gasteiger partial charge on any atom is 0.329 e. The highest BCUT2D eigenvalue weighted by atomic mass is 15.1. The normalized spacial score (nSPS) is 13.3. The molecule has 272 valence electrons. The van der Waals surface area contributed by atoms with E-state index in [1.165, 1.54) is 89.1 Å². The number of anilines is 7. The van der Waals surface area contributed by atoms with Gasteiger partial charge in [-0.05, 0) is 111 Å². The average Bonchev–Trinajstić information content (AvgIpc) is 3.31. The first kappa shape index (κ1) is 32.6. The van der Waals surface area contributed by atoms with Crippen molar-refractivity contribution in [3.05, 3.63) is 212 Å². The van der Waals surface area contributed by atoms with Crippen molar-refractivity contribution >= 4 is 75.4 Å². The molecule has 0 spiro atoms. The zero-order valence-electron chi connectivity index (χ0n) is 32.2. The molecule has 3 nitrogen and oxygen atoms in total. The molecule has 0 N–H and O–H groups in total. The smallest absolute Gasteiger partial charge is 0.329 e. The summed E-state index contributed by atoms with van der Waals surface area (Å²) in [7, 11) is 0. The molecular weight excluding hydrogens is 712 g/mol. The highest BCUT2D eigenvalue weighted by molar-refractivity contribution is 6.96. The fraction of sp³-hybridized carbons (Fsp3) is 0. The average molecular weight is 748 g/mol. The fourth-order valence-corrected chi connectivity index (χ4v) is 10.6. The Kier molecular flexibility index (Phi) is 6.90. The van der Waals surface area contributed by atoms with Crippen molar-refractivity contribution in [3.8, 4) is 44.5 Å². The third-order valence-electron chi connectivity index (χ3n) is 13.0. The standard InChI is InChI=1S/C54H35B2N3/c1-4-16-36(17-5-1)37-30-33-50-44(34-37)43-35-40(57(38-18-6-2-7-19-38)39-20-8-3-9-21-39)31-32-46(43)56-48-26-15-28-51-54(48)53-47(25-14-29-52(53)59(50)56)55-45-24-12-10-22-41(45)42-23-11-13-27-49(42)58(51)55/h1-35H. The maximum atomic E-state index is 2.65. The molecule has 5 heteroatoms. The first-order valence-corrected chi connectivity index (χ1v) is 20.6. The highest BCUT2D eigenvalue weighted by Gasteiger charge is 2.49. The predicted molar refractivity (Wildman–Crippen MR) is 250 cm³/mol. The Hall–Kier alpha value is -7.49. The van der Waals surface area contributed by atoms with Gasteiger partial charge in [0.1, 0.15) is 0 Å². The van der Waals surface area contributed by atoms with Gasteiger partial charge in [0.25, 0.3) is 0 Å². The van der Waals surface area contributed by atoms with Crippen LogP contribution in [0.15, 0.2) is 212 Å². The molecule has 0 amide bonds. The zero-order chi connectivity index (χ0) is 38.6. The minimum absolute atomic E-state index is 0.0300. The first-order valence-electron chi connectivity index (χ1n) is 20.6. The summed E-state index contributed by atoms with van der Waals surface area (Å²) in [6, 6.07) is 78.6. The molecule has 4 aliphatic rings. The van der Waals surface area contributed by atoms with Crippen LogP contribution in [-0.4, -0.2) is 13.7 Å². The largest absolute Gasteiger partial charge is 0.376 e. The molecule has 0 unspecified atom stereocenters. The van der Waals surface area contributed by atoms with Crippen molar-refractivity contribution in [2.24, 2.45) is 0 Å². The summed E-state index contributed by atoms with van der Waals surface area (Å²) >= 11 is 0. The molecule has 0 bridgehead atoms. The molecule has 59 heavy (non-hydrogen) atoms. The van der Waals surface area contributed by atoms with Crippen molar-refractivity contribution in [2.45, 2.75) is 0 Å². The summed E-state index contributed by atoms with van der Waals surface area (Å²) in [5.41, 5.74) is 24.0. The van der Waals surface area contributed by atoms with Gasteiger partial charge in [-0.3, -0.25) is 0 Å². The molecule has 4 heterocycles. The molecule has 0 radical (unpaired) electrons. The van der Waals surface area contributed by atoms with E-state index < -0.39 is 0 Å². The molecule has 9 aromatic carbocycles. The van der Waals surface area contributed by atoms with Gasteiger partial charge < -0.3 is 14.5 Å². The lowest BCUT2D eigenvalue weighted by Gasteiger charge is -2.49. The fourth-order valence-electron chi connectivity index (χ4n) is 10.6. The molecule has 13 rings (SSSR count). The number of rotatable bonds is 4. The summed E-state index contributed by atoms with van der Waals surface area (Å²) in [6.45, 7) is 0.0227. The van der Waals surface area contributed by atoms with Crippen LogP contribution in [0.25, 0.3) is 44.5 Å². The number of para-hydroxylation sites is 3. The summed E-state index contributed by atoms with van der Waals surface area (Å²) in [5.74, 6) is 0. The van der Waals surface area contributed by atoms with Crippen LogP contribution in [-0.2, 0) is 0 Å². The van der Waals surface area contributed by atoms with Crippen molar-refractivity contribution in [3.63, 3.8) is 0 Å². The first-order chi connectivity index (χ1) is 29.3. The van der Waals surface area contributed by atoms with Crippen LogP contribution in [0.5, 0.6) is 0 Å². The van der Waals surface area contributed by atoms with Crippen LogP contribution >= 0.6 is 0 Å². The summed E-state index contributed by atoms with van der Waals surface area (Å²) in [6.07, 6.45) is 0. The molecule has 0 aromatic heterocycles. The van der Waals surface area contributed by atoms with Crippen molar-refractivity contribution in [1.82, 2.24) is 0 Å². The number of nitrogens with zero attached hydrogens (tertiary/aromatic N) is 3. The van der Waals surface area contributed by atoms with Gasteiger partial charge in [0, 0.05) is 62.1 Å². The van der Waals surface area contributed by atoms with Crippen LogP contribution in [0.3, 0.4) is 0 Å². The van der Waals surface area contributed by atoms with Crippen LogP contribution in [0.1, 0.15) is 0 Å². The van der Waals surface area contributed by atoms with Gasteiger partial charge in [-0.1, -0.05) is 146 Å². The lowest BCUT2D eigenvalue weighted by atomic mass is 9.38. The molecular formula is C54H35B2N3. The summed E-state index contributed by atoms with van der Waals surface area (Å²) in [4.78, 5) is 7.66. The Morgan fingerprint density at radius 3 is 1.46 bits per heavy atom. The van der Waals surface area contributed by atoms with E-state index in [1.807, 2.05) is 0 Å². The van der Waals surface area contributed by atoms with Gasteiger partial charge in [0.05, 0.1) is 0 Å². The van der Waals surface area contributed by atoms with Crippen molar-refractivity contribution in [1.29, 1.82) is 0 Å². The number of benzene rings is 9. The van der Waals surface area contributed by atoms with E-state index in [2.05, 4.69) is 227 Å². The topological polar surface area (TPSA) is 9.72 Å². The van der Waals surface area contributed by atoms with Gasteiger partial charge in [0.15, 0.2) is 0 Å². The van der Waals surface area contributed by atoms with E-state index in [4.69, 9.17) is 0 Å². The van der Waals surface area contributed by atoms with Crippen LogP contribution in [0.4, 0.5) is 39.8 Å². The quantitative estimate of drug-likeness (QED) is 0.166. The van der Waals surface area contributed by atoms with E-state index >= 15 is 0 Å². The van der Waals surface area contributed by atoms with Crippen molar-refractivity contribution in [2.75, 3.05) is 14.5 Å². The molecule has 4 aliphatic heterocycles. The molecule has 0 atom stereocenters. The third-order valence-corrected chi connectivity index (χ3v) is 13.0. The van der Waals surface area contributed by atoms with Crippen LogP contribution in [0, 0.1) is 0 Å². The zero-order valence-corrected chi connectivity index (χ0v) is 32.2. The van der Waals surface area contributed by atoms with Gasteiger partial charge in [-0.2, -0.15) is 0 Å². The molecule has 9 aromatic rings. The van der Waals surface area contributed by atoms with Crippen LogP contribution in [0.2, 0.25) is 0 Å². The molecule has 0 aliphatic carbocycles. The second kappa shape index (κ2) is 12.5. The van der Waals surface area contributed by atoms with Gasteiger partial charge >= 0.3 is 13.7 Å². The van der Waals surface area contributed by atoms with Gasteiger partial charge in [0.2, 0.25) is 0 Å². The number of fused-ring (bicyclic) bond motifs is 16. The lowest BCUT2D eigenvalue weighted by molar-refractivity contribution is 1.28. The molecule has 0 saturated heterocycles. The van der Waals surface area contributed by atoms with Crippen LogP contribution < -0.4 is 36.4 Å². The lowest BCUT2D eigenvalue weighted by Crippen LogP contribution is -2.65. The third kappa shape index (κ3) is 4.61. The SMILES string of the molecule is c1ccc(-c2ccc3c(c2)-c2cc(N(c4ccccc4)c4ccccc4)ccc2B2c4cccc5c4-c4c(cccc4N23)B2c3ccccc3-c3ccccc3N25)cc1.